The molecule has 0 bridgehead atoms. The lowest BCUT2D eigenvalue weighted by atomic mass is 10.1. The van der Waals surface area contributed by atoms with Gasteiger partial charge in [0, 0.05) is 6.42 Å². The van der Waals surface area contributed by atoms with Gasteiger partial charge in [-0.25, -0.2) is 0 Å². The van der Waals surface area contributed by atoms with Crippen LogP contribution in [-0.4, -0.2) is 11.1 Å². The Morgan fingerprint density at radius 1 is 0.789 bits per heavy atom. The van der Waals surface area contributed by atoms with Crippen molar-refractivity contribution < 1.29 is 9.90 Å². The van der Waals surface area contributed by atoms with Crippen molar-refractivity contribution >= 4 is 5.97 Å². The molecule has 19 heavy (non-hydrogen) atoms. The monoisotopic (exact) mass is 268 g/mol. The lowest BCUT2D eigenvalue weighted by molar-refractivity contribution is -0.137. The van der Waals surface area contributed by atoms with Gasteiger partial charge in [0.15, 0.2) is 0 Å². The highest BCUT2D eigenvalue weighted by Gasteiger charge is 2.48. The van der Waals surface area contributed by atoms with E-state index in [9.17, 15) is 4.79 Å². The van der Waals surface area contributed by atoms with E-state index in [4.69, 9.17) is 5.11 Å². The fourth-order valence-electron chi connectivity index (χ4n) is 3.50. The van der Waals surface area contributed by atoms with Crippen LogP contribution in [0.4, 0.5) is 0 Å². The Morgan fingerprint density at radius 3 is 1.63 bits per heavy atom. The molecule has 1 rings (SSSR count). The number of unbranched alkanes of at least 4 members (excludes halogenated alkanes) is 6. The number of hydrogen-bond acceptors (Lipinski definition) is 1. The molecule has 0 spiro atoms. The first-order valence-corrected chi connectivity index (χ1v) is 8.42. The van der Waals surface area contributed by atoms with Crippen molar-refractivity contribution in [3.05, 3.63) is 0 Å². The molecule has 0 radical (unpaired) electrons. The summed E-state index contributed by atoms with van der Waals surface area (Å²) in [6.45, 7) is 4.47. The highest BCUT2D eigenvalue weighted by atomic mass is 16.4. The zero-order chi connectivity index (χ0) is 14.1. The zero-order valence-corrected chi connectivity index (χ0v) is 12.9. The van der Waals surface area contributed by atoms with Gasteiger partial charge in [0.05, 0.1) is 0 Å². The quantitative estimate of drug-likeness (QED) is 0.490. The largest absolute Gasteiger partial charge is 0.481 e. The predicted octanol–water partition coefficient (Wildman–Crippen LogP) is 5.26. The summed E-state index contributed by atoms with van der Waals surface area (Å²) < 4.78 is 0. The average Bonchev–Trinajstić information content (AvgIpc) is 3.01. The molecule has 0 aromatic rings. The Bertz CT molecular complexity index is 232. The molecule has 2 nitrogen and oxygen atoms in total. The topological polar surface area (TPSA) is 37.3 Å². The molecule has 1 aliphatic carbocycles. The Hall–Kier alpha value is -0.530. The summed E-state index contributed by atoms with van der Waals surface area (Å²) in [5, 5.41) is 8.98. The van der Waals surface area contributed by atoms with Gasteiger partial charge in [-0.05, 0) is 30.6 Å². The van der Waals surface area contributed by atoms with Gasteiger partial charge in [-0.2, -0.15) is 0 Å². The van der Waals surface area contributed by atoms with E-state index in [0.29, 0.717) is 12.3 Å². The number of aliphatic carboxylic acids is 1. The Labute approximate surface area is 119 Å². The van der Waals surface area contributed by atoms with E-state index in [-0.39, 0.29) is 0 Å². The summed E-state index contributed by atoms with van der Waals surface area (Å²) in [5.74, 6) is 1.37. The zero-order valence-electron chi connectivity index (χ0n) is 12.9. The molecule has 0 amide bonds. The van der Waals surface area contributed by atoms with Crippen LogP contribution in [0.2, 0.25) is 0 Å². The Kier molecular flexibility index (Phi) is 8.16. The van der Waals surface area contributed by atoms with Crippen molar-refractivity contribution in [2.75, 3.05) is 0 Å². The minimum Gasteiger partial charge on any atom is -0.481 e. The summed E-state index contributed by atoms with van der Waals surface area (Å²) in [6.07, 6.45) is 13.5. The van der Waals surface area contributed by atoms with E-state index in [1.807, 2.05) is 0 Å². The SMILES string of the molecule is CCCCCCC1C(CCCCCC)C1CC(=O)O. The normalized spacial score (nSPS) is 25.5. The Morgan fingerprint density at radius 2 is 1.26 bits per heavy atom. The highest BCUT2D eigenvalue weighted by molar-refractivity contribution is 5.67. The molecule has 0 saturated heterocycles. The third kappa shape index (κ3) is 6.44. The minimum atomic E-state index is -0.598. The van der Waals surface area contributed by atoms with Crippen molar-refractivity contribution in [1.82, 2.24) is 0 Å². The fraction of sp³-hybridized carbons (Fsp3) is 0.941. The van der Waals surface area contributed by atoms with Crippen molar-refractivity contribution in [1.29, 1.82) is 0 Å². The van der Waals surface area contributed by atoms with Crippen LogP contribution >= 0.6 is 0 Å². The van der Waals surface area contributed by atoms with E-state index in [1.54, 1.807) is 0 Å². The summed E-state index contributed by atoms with van der Waals surface area (Å²) >= 11 is 0. The number of carboxylic acid groups (broad SMARTS) is 1. The van der Waals surface area contributed by atoms with Gasteiger partial charge in [0.1, 0.15) is 0 Å². The molecule has 1 N–H and O–H groups in total. The van der Waals surface area contributed by atoms with Crippen LogP contribution < -0.4 is 0 Å². The number of rotatable bonds is 12. The second kappa shape index (κ2) is 9.39. The molecule has 0 aromatic heterocycles. The van der Waals surface area contributed by atoms with Crippen LogP contribution in [0, 0.1) is 17.8 Å². The lowest BCUT2D eigenvalue weighted by Gasteiger charge is -2.00. The molecule has 1 fully saturated rings. The molecule has 0 aliphatic heterocycles. The third-order valence-corrected chi connectivity index (χ3v) is 4.70. The summed E-state index contributed by atoms with van der Waals surface area (Å²) in [7, 11) is 0. The van der Waals surface area contributed by atoms with Crippen LogP contribution in [-0.2, 0) is 4.79 Å². The van der Waals surface area contributed by atoms with Crippen molar-refractivity contribution in [3.8, 4) is 0 Å². The minimum absolute atomic E-state index is 0.414. The van der Waals surface area contributed by atoms with E-state index < -0.39 is 5.97 Å². The van der Waals surface area contributed by atoms with Crippen LogP contribution in [0.3, 0.4) is 0 Å². The lowest BCUT2D eigenvalue weighted by Crippen LogP contribution is -1.97. The van der Waals surface area contributed by atoms with Crippen LogP contribution in [0.1, 0.15) is 84.5 Å². The van der Waals surface area contributed by atoms with Gasteiger partial charge in [0.2, 0.25) is 0 Å². The van der Waals surface area contributed by atoms with Crippen molar-refractivity contribution in [3.63, 3.8) is 0 Å². The fourth-order valence-corrected chi connectivity index (χ4v) is 3.50. The maximum Gasteiger partial charge on any atom is 0.303 e. The standard InChI is InChI=1S/C17H32O2/c1-3-5-7-9-11-14-15(12-10-8-6-4-2)16(14)13-17(18)19/h14-16H,3-13H2,1-2H3,(H,18,19). The van der Waals surface area contributed by atoms with Gasteiger partial charge in [-0.15, -0.1) is 0 Å². The highest BCUT2D eigenvalue weighted by Crippen LogP contribution is 2.54. The molecule has 2 unspecified atom stereocenters. The van der Waals surface area contributed by atoms with E-state index >= 15 is 0 Å². The smallest absolute Gasteiger partial charge is 0.303 e. The number of carbonyl (C=O) groups is 1. The first-order chi connectivity index (χ1) is 9.20. The summed E-state index contributed by atoms with van der Waals surface area (Å²) in [4.78, 5) is 10.9. The van der Waals surface area contributed by atoms with Crippen LogP contribution in [0.5, 0.6) is 0 Å². The molecule has 2 atom stereocenters. The van der Waals surface area contributed by atoms with Gasteiger partial charge in [0.25, 0.3) is 0 Å². The molecular weight excluding hydrogens is 236 g/mol. The number of carboxylic acids is 1. The van der Waals surface area contributed by atoms with Gasteiger partial charge in [-0.3, -0.25) is 4.79 Å². The number of hydrogen-bond donors (Lipinski definition) is 1. The third-order valence-electron chi connectivity index (χ3n) is 4.70. The Balaban J connectivity index is 2.20. The van der Waals surface area contributed by atoms with Crippen molar-refractivity contribution in [2.24, 2.45) is 17.8 Å². The van der Waals surface area contributed by atoms with E-state index in [0.717, 1.165) is 11.8 Å². The molecule has 2 heteroatoms. The van der Waals surface area contributed by atoms with Crippen LogP contribution in [0.25, 0.3) is 0 Å². The molecule has 0 aromatic carbocycles. The molecule has 1 aliphatic rings. The molecule has 112 valence electrons. The van der Waals surface area contributed by atoms with Crippen LogP contribution in [0.15, 0.2) is 0 Å². The van der Waals surface area contributed by atoms with Crippen molar-refractivity contribution in [2.45, 2.75) is 84.5 Å². The predicted molar refractivity (Wildman–Crippen MR) is 80.2 cm³/mol. The first kappa shape index (κ1) is 16.5. The van der Waals surface area contributed by atoms with Gasteiger partial charge >= 0.3 is 5.97 Å². The molecular formula is C17H32O2. The second-order valence-corrected chi connectivity index (χ2v) is 6.29. The first-order valence-electron chi connectivity index (χ1n) is 8.42. The molecule has 1 saturated carbocycles. The maximum absolute atomic E-state index is 10.9. The van der Waals surface area contributed by atoms with E-state index in [2.05, 4.69) is 13.8 Å². The van der Waals surface area contributed by atoms with E-state index in [1.165, 1.54) is 64.2 Å². The maximum atomic E-state index is 10.9. The second-order valence-electron chi connectivity index (χ2n) is 6.29. The average molecular weight is 268 g/mol. The van der Waals surface area contributed by atoms with Gasteiger partial charge in [-0.1, -0.05) is 65.2 Å². The molecule has 0 heterocycles. The summed E-state index contributed by atoms with van der Waals surface area (Å²) in [5.41, 5.74) is 0. The summed E-state index contributed by atoms with van der Waals surface area (Å²) in [6, 6.07) is 0. The van der Waals surface area contributed by atoms with Gasteiger partial charge < -0.3 is 5.11 Å².